The molecule has 0 saturated carbocycles. The van der Waals surface area contributed by atoms with Gasteiger partial charge in [-0.1, -0.05) is 18.2 Å². The van der Waals surface area contributed by atoms with E-state index in [-0.39, 0.29) is 11.7 Å². The zero-order chi connectivity index (χ0) is 19.0. The van der Waals surface area contributed by atoms with Gasteiger partial charge in [-0.25, -0.2) is 9.59 Å². The van der Waals surface area contributed by atoms with Gasteiger partial charge in [-0.2, -0.15) is 0 Å². The molecule has 1 aromatic rings. The first-order chi connectivity index (χ1) is 11.6. The van der Waals surface area contributed by atoms with Crippen LogP contribution in [0.3, 0.4) is 0 Å². The normalized spacial score (nSPS) is 11.8. The van der Waals surface area contributed by atoms with E-state index in [9.17, 15) is 14.4 Å². The van der Waals surface area contributed by atoms with Crippen LogP contribution in [0.2, 0.25) is 0 Å². The summed E-state index contributed by atoms with van der Waals surface area (Å²) in [6.07, 6.45) is -0.860. The third-order valence-electron chi connectivity index (χ3n) is 2.72. The van der Waals surface area contributed by atoms with E-state index < -0.39 is 29.6 Å². The second-order valence-electron chi connectivity index (χ2n) is 6.07. The number of thiocarbonyl (C=S) groups is 1. The third-order valence-corrected chi connectivity index (χ3v) is 2.97. The highest BCUT2D eigenvalue weighted by Gasteiger charge is 2.24. The zero-order valence-electron chi connectivity index (χ0n) is 14.2. The lowest BCUT2D eigenvalue weighted by Crippen LogP contribution is -2.51. The molecule has 1 rings (SSSR count). The Morgan fingerprint density at radius 3 is 2.32 bits per heavy atom. The highest BCUT2D eigenvalue weighted by atomic mass is 32.1. The minimum atomic E-state index is -1.28. The molecule has 0 aromatic heterocycles. The van der Waals surface area contributed by atoms with Gasteiger partial charge in [-0.15, -0.1) is 0 Å². The van der Waals surface area contributed by atoms with Gasteiger partial charge < -0.3 is 20.5 Å². The number of aliphatic carboxylic acids is 1. The lowest BCUT2D eigenvalue weighted by Gasteiger charge is -2.22. The maximum atomic E-state index is 11.9. The number of benzene rings is 1. The van der Waals surface area contributed by atoms with Gasteiger partial charge >= 0.3 is 12.1 Å². The van der Waals surface area contributed by atoms with Gasteiger partial charge in [0, 0.05) is 12.1 Å². The van der Waals surface area contributed by atoms with Gasteiger partial charge in [0.2, 0.25) is 0 Å². The summed E-state index contributed by atoms with van der Waals surface area (Å²) in [6, 6.07) is 7.13. The summed E-state index contributed by atoms with van der Waals surface area (Å²) in [6.45, 7) is 4.76. The van der Waals surface area contributed by atoms with Crippen molar-refractivity contribution in [2.24, 2.45) is 0 Å². The van der Waals surface area contributed by atoms with Gasteiger partial charge in [0.1, 0.15) is 11.6 Å². The molecule has 9 heteroatoms. The second-order valence-corrected chi connectivity index (χ2v) is 6.48. The van der Waals surface area contributed by atoms with E-state index in [1.54, 1.807) is 51.1 Å². The Morgan fingerprint density at radius 1 is 1.20 bits per heavy atom. The molecule has 25 heavy (non-hydrogen) atoms. The highest BCUT2D eigenvalue weighted by Crippen LogP contribution is 2.06. The second kappa shape index (κ2) is 8.97. The number of carbonyl (C=O) groups excluding carboxylic acids is 2. The van der Waals surface area contributed by atoms with Gasteiger partial charge in [0.05, 0.1) is 0 Å². The summed E-state index contributed by atoms with van der Waals surface area (Å²) in [5.74, 6) is -1.69. The van der Waals surface area contributed by atoms with E-state index >= 15 is 0 Å². The molecule has 0 fully saturated rings. The Balaban J connectivity index is 2.51. The maximum Gasteiger partial charge on any atom is 0.408 e. The molecule has 0 heterocycles. The first kappa shape index (κ1) is 20.4. The van der Waals surface area contributed by atoms with Gasteiger partial charge in [0.15, 0.2) is 5.11 Å². The maximum absolute atomic E-state index is 11.9. The first-order valence-corrected chi connectivity index (χ1v) is 7.86. The van der Waals surface area contributed by atoms with Crippen molar-refractivity contribution in [3.05, 3.63) is 35.9 Å². The predicted molar refractivity (Wildman–Crippen MR) is 95.3 cm³/mol. The van der Waals surface area contributed by atoms with Crippen LogP contribution in [0.15, 0.2) is 30.3 Å². The molecule has 0 radical (unpaired) electrons. The summed E-state index contributed by atoms with van der Waals surface area (Å²) in [5, 5.41) is 16.3. The van der Waals surface area contributed by atoms with Crippen LogP contribution in [0.25, 0.3) is 0 Å². The highest BCUT2D eigenvalue weighted by molar-refractivity contribution is 7.80. The monoisotopic (exact) mass is 367 g/mol. The molecule has 0 aliphatic heterocycles. The minimum absolute atomic E-state index is 0.0499. The standard InChI is InChI=1S/C16H21N3O5S/c1-16(2,3)24-15(23)18-11(13(21)22)9-17-14(25)19-12(20)10-7-5-4-6-8-10/h4-8,11H,9H2,1-3H3,(H,18,23)(H,21,22)(H2,17,19,20,25). The molecule has 0 saturated heterocycles. The van der Waals surface area contributed by atoms with E-state index in [4.69, 9.17) is 22.1 Å². The van der Waals surface area contributed by atoms with Crippen molar-refractivity contribution in [3.8, 4) is 0 Å². The number of rotatable bonds is 5. The van der Waals surface area contributed by atoms with E-state index in [0.717, 1.165) is 0 Å². The average molecular weight is 367 g/mol. The van der Waals surface area contributed by atoms with Gasteiger partial charge in [-0.05, 0) is 45.1 Å². The minimum Gasteiger partial charge on any atom is -0.480 e. The summed E-state index contributed by atoms with van der Waals surface area (Å²) in [5.41, 5.74) is -0.340. The number of hydrogen-bond donors (Lipinski definition) is 4. The number of carboxylic acids is 1. The van der Waals surface area contributed by atoms with Crippen LogP contribution in [0, 0.1) is 0 Å². The van der Waals surface area contributed by atoms with Crippen molar-refractivity contribution in [1.29, 1.82) is 0 Å². The van der Waals surface area contributed by atoms with Crippen molar-refractivity contribution in [2.45, 2.75) is 32.4 Å². The third kappa shape index (κ3) is 8.11. The Bertz CT molecular complexity index is 643. The Labute approximate surface area is 150 Å². The molecule has 4 N–H and O–H groups in total. The molecular formula is C16H21N3O5S. The fourth-order valence-corrected chi connectivity index (χ4v) is 1.83. The van der Waals surface area contributed by atoms with E-state index in [2.05, 4.69) is 16.0 Å². The molecule has 0 aliphatic rings. The van der Waals surface area contributed by atoms with Gasteiger partial charge in [-0.3, -0.25) is 10.1 Å². The quantitative estimate of drug-likeness (QED) is 0.579. The Morgan fingerprint density at radius 2 is 1.80 bits per heavy atom. The largest absolute Gasteiger partial charge is 0.480 e. The topological polar surface area (TPSA) is 117 Å². The van der Waals surface area contributed by atoms with Crippen LogP contribution in [-0.2, 0) is 9.53 Å². The smallest absolute Gasteiger partial charge is 0.408 e. The number of ether oxygens (including phenoxy) is 1. The summed E-state index contributed by atoms with van der Waals surface area (Å²) in [7, 11) is 0. The van der Waals surface area contributed by atoms with Crippen LogP contribution < -0.4 is 16.0 Å². The van der Waals surface area contributed by atoms with Crippen LogP contribution in [0.5, 0.6) is 0 Å². The number of carboxylic acid groups (broad SMARTS) is 1. The molecule has 0 aliphatic carbocycles. The SMILES string of the molecule is CC(C)(C)OC(=O)NC(CNC(=S)NC(=O)c1ccccc1)C(=O)O. The molecule has 2 amide bonds. The van der Waals surface area contributed by atoms with Crippen molar-refractivity contribution in [2.75, 3.05) is 6.54 Å². The molecule has 1 unspecified atom stereocenters. The van der Waals surface area contributed by atoms with E-state index in [1.807, 2.05) is 0 Å². The summed E-state index contributed by atoms with van der Waals surface area (Å²) >= 11 is 4.96. The number of amides is 2. The van der Waals surface area contributed by atoms with Crippen LogP contribution in [0.4, 0.5) is 4.79 Å². The lowest BCUT2D eigenvalue weighted by molar-refractivity contribution is -0.139. The molecule has 0 spiro atoms. The molecule has 8 nitrogen and oxygen atoms in total. The predicted octanol–water partition coefficient (Wildman–Crippen LogP) is 1.27. The Kier molecular flexibility index (Phi) is 7.31. The van der Waals surface area contributed by atoms with Crippen molar-refractivity contribution >= 4 is 35.3 Å². The average Bonchev–Trinajstić information content (AvgIpc) is 2.50. The number of nitrogens with one attached hydrogen (secondary N) is 3. The van der Waals surface area contributed by atoms with E-state index in [0.29, 0.717) is 5.56 Å². The fraction of sp³-hybridized carbons (Fsp3) is 0.375. The van der Waals surface area contributed by atoms with E-state index in [1.165, 1.54) is 0 Å². The molecule has 136 valence electrons. The summed E-state index contributed by atoms with van der Waals surface area (Å²) < 4.78 is 5.00. The number of hydrogen-bond acceptors (Lipinski definition) is 5. The molecule has 1 atom stereocenters. The Hall–Kier alpha value is -2.68. The lowest BCUT2D eigenvalue weighted by atomic mass is 10.2. The molecule has 1 aromatic carbocycles. The van der Waals surface area contributed by atoms with Gasteiger partial charge in [0.25, 0.3) is 5.91 Å². The zero-order valence-corrected chi connectivity index (χ0v) is 15.0. The number of carbonyl (C=O) groups is 3. The summed E-state index contributed by atoms with van der Waals surface area (Å²) in [4.78, 5) is 34.8. The fourth-order valence-electron chi connectivity index (χ4n) is 1.65. The van der Waals surface area contributed by atoms with Crippen LogP contribution >= 0.6 is 12.2 Å². The van der Waals surface area contributed by atoms with Crippen LogP contribution in [-0.4, -0.2) is 46.4 Å². The van der Waals surface area contributed by atoms with Crippen molar-refractivity contribution in [1.82, 2.24) is 16.0 Å². The molecule has 0 bridgehead atoms. The van der Waals surface area contributed by atoms with Crippen molar-refractivity contribution < 1.29 is 24.2 Å². The van der Waals surface area contributed by atoms with Crippen LogP contribution in [0.1, 0.15) is 31.1 Å². The van der Waals surface area contributed by atoms with Crippen molar-refractivity contribution in [3.63, 3.8) is 0 Å². The number of alkyl carbamates (subject to hydrolysis) is 1. The molecular weight excluding hydrogens is 346 g/mol. The first-order valence-electron chi connectivity index (χ1n) is 7.45.